The summed E-state index contributed by atoms with van der Waals surface area (Å²) in [7, 11) is -2.30. The molecule has 0 bridgehead atoms. The third-order valence-corrected chi connectivity index (χ3v) is 7.39. The van der Waals surface area contributed by atoms with Gasteiger partial charge in [0.15, 0.2) is 0 Å². The van der Waals surface area contributed by atoms with Gasteiger partial charge in [0.05, 0.1) is 30.3 Å². The van der Waals surface area contributed by atoms with Gasteiger partial charge in [0, 0.05) is 60.6 Å². The molecule has 0 unspecified atom stereocenters. The third kappa shape index (κ3) is 5.46. The Morgan fingerprint density at radius 1 is 1.18 bits per heavy atom. The van der Waals surface area contributed by atoms with Crippen molar-refractivity contribution in [1.29, 1.82) is 0 Å². The fourth-order valence-electron chi connectivity index (χ4n) is 4.14. The van der Waals surface area contributed by atoms with E-state index in [2.05, 4.69) is 25.3 Å². The highest BCUT2D eigenvalue weighted by Gasteiger charge is 2.35. The molecule has 2 N–H and O–H groups in total. The van der Waals surface area contributed by atoms with Crippen LogP contribution in [0.5, 0.6) is 0 Å². The molecule has 204 valence electrons. The maximum atomic E-state index is 14.0. The first kappa shape index (κ1) is 26.3. The quantitative estimate of drug-likeness (QED) is 0.343. The van der Waals surface area contributed by atoms with Crippen molar-refractivity contribution in [2.45, 2.75) is 12.7 Å². The van der Waals surface area contributed by atoms with Gasteiger partial charge in [-0.05, 0) is 24.3 Å². The smallest absolute Gasteiger partial charge is 0.419 e. The lowest BCUT2D eigenvalue weighted by atomic mass is 10.1. The lowest BCUT2D eigenvalue weighted by Crippen LogP contribution is -2.27. The summed E-state index contributed by atoms with van der Waals surface area (Å²) in [6.45, 7) is 1.07. The summed E-state index contributed by atoms with van der Waals surface area (Å²) < 4.78 is 72.3. The minimum atomic E-state index is -4.68. The van der Waals surface area contributed by atoms with Gasteiger partial charge in [-0.25, -0.2) is 23.4 Å². The van der Waals surface area contributed by atoms with Gasteiger partial charge in [0.2, 0.25) is 10.0 Å². The number of pyridine rings is 3. The number of hydrogen-bond donors (Lipinski definition) is 2. The molecule has 10 nitrogen and oxygen atoms in total. The summed E-state index contributed by atoms with van der Waals surface area (Å²) in [5, 5.41) is 3.08. The van der Waals surface area contributed by atoms with Crippen LogP contribution >= 0.6 is 0 Å². The fourth-order valence-corrected chi connectivity index (χ4v) is 4.62. The zero-order valence-corrected chi connectivity index (χ0v) is 21.7. The van der Waals surface area contributed by atoms with Crippen molar-refractivity contribution < 1.29 is 26.3 Å². The number of ether oxygens (including phenoxy) is 1. The number of fused-ring (bicyclic) bond motifs is 1. The molecular formula is C25H24F3N7O3S. The Labute approximate surface area is 222 Å². The third-order valence-electron chi connectivity index (χ3n) is 6.22. The van der Waals surface area contributed by atoms with E-state index in [0.29, 0.717) is 35.8 Å². The molecule has 4 aromatic rings. The molecule has 0 radical (unpaired) electrons. The zero-order chi connectivity index (χ0) is 27.8. The van der Waals surface area contributed by atoms with Crippen molar-refractivity contribution in [2.24, 2.45) is 0 Å². The minimum Gasteiger partial charge on any atom is -0.498 e. The summed E-state index contributed by atoms with van der Waals surface area (Å²) >= 11 is 0. The molecule has 0 atom stereocenters. The molecule has 0 saturated heterocycles. The van der Waals surface area contributed by atoms with Crippen LogP contribution in [0.15, 0.2) is 61.4 Å². The topological polar surface area (TPSA) is 116 Å². The fraction of sp³-hybridized carbons (Fsp3) is 0.240. The van der Waals surface area contributed by atoms with Crippen LogP contribution in [0.25, 0.3) is 22.3 Å². The molecule has 0 spiro atoms. The Hall–Kier alpha value is -4.33. The number of alkyl halides is 3. The van der Waals surface area contributed by atoms with Crippen LogP contribution in [0.1, 0.15) is 11.1 Å². The summed E-state index contributed by atoms with van der Waals surface area (Å²) in [5.41, 5.74) is 0.717. The number of anilines is 3. The van der Waals surface area contributed by atoms with E-state index in [4.69, 9.17) is 4.74 Å². The van der Waals surface area contributed by atoms with Crippen LogP contribution in [-0.2, 0) is 27.5 Å². The van der Waals surface area contributed by atoms with Gasteiger partial charge < -0.3 is 19.9 Å². The average molecular weight is 560 g/mol. The first-order valence-corrected chi connectivity index (χ1v) is 13.6. The highest BCUT2D eigenvalue weighted by Crippen LogP contribution is 2.40. The maximum Gasteiger partial charge on any atom is 0.419 e. The maximum absolute atomic E-state index is 14.0. The lowest BCUT2D eigenvalue weighted by molar-refractivity contribution is -0.137. The molecule has 1 aliphatic rings. The van der Waals surface area contributed by atoms with Crippen molar-refractivity contribution in [3.63, 3.8) is 0 Å². The normalized spacial score (nSPS) is 13.9. The number of halogens is 3. The predicted octanol–water partition coefficient (Wildman–Crippen LogP) is 4.35. The van der Waals surface area contributed by atoms with Crippen LogP contribution in [-0.4, -0.2) is 54.8 Å². The van der Waals surface area contributed by atoms with Gasteiger partial charge in [-0.3, -0.25) is 4.31 Å². The second-order valence-electron chi connectivity index (χ2n) is 8.81. The largest absolute Gasteiger partial charge is 0.498 e. The SMILES string of the molecule is CN(c1ncccc1CNc1c(C(F)(F)F)cnc2[nH]c(-c3ccc(N4C=COCC4)nc3)cc12)S(C)(=O)=O. The van der Waals surface area contributed by atoms with Crippen molar-refractivity contribution in [3.05, 3.63) is 72.5 Å². The number of sulfonamides is 1. The number of aromatic amines is 1. The second-order valence-corrected chi connectivity index (χ2v) is 10.8. The Bertz CT molecular complexity index is 1640. The molecule has 1 aliphatic heterocycles. The van der Waals surface area contributed by atoms with E-state index in [1.54, 1.807) is 36.9 Å². The summed E-state index contributed by atoms with van der Waals surface area (Å²) in [4.78, 5) is 17.6. The van der Waals surface area contributed by atoms with Gasteiger partial charge in [-0.15, -0.1) is 0 Å². The van der Waals surface area contributed by atoms with E-state index in [0.717, 1.165) is 16.8 Å². The van der Waals surface area contributed by atoms with E-state index >= 15 is 0 Å². The van der Waals surface area contributed by atoms with Gasteiger partial charge in [-0.1, -0.05) is 6.07 Å². The molecule has 0 aromatic carbocycles. The van der Waals surface area contributed by atoms with Crippen molar-refractivity contribution in [2.75, 3.05) is 41.0 Å². The molecule has 14 heteroatoms. The molecule has 4 aromatic heterocycles. The zero-order valence-electron chi connectivity index (χ0n) is 20.9. The molecule has 0 aliphatic carbocycles. The van der Waals surface area contributed by atoms with Crippen LogP contribution in [0.3, 0.4) is 0 Å². The molecule has 39 heavy (non-hydrogen) atoms. The molecule has 0 fully saturated rings. The Balaban J connectivity index is 1.50. The van der Waals surface area contributed by atoms with Crippen LogP contribution in [0.4, 0.5) is 30.5 Å². The number of hydrogen-bond acceptors (Lipinski definition) is 8. The number of aromatic nitrogens is 4. The predicted molar refractivity (Wildman–Crippen MR) is 142 cm³/mol. The number of nitrogens with one attached hydrogen (secondary N) is 2. The minimum absolute atomic E-state index is 0.113. The number of rotatable bonds is 7. The first-order valence-electron chi connectivity index (χ1n) is 11.7. The first-order chi connectivity index (χ1) is 18.5. The summed E-state index contributed by atoms with van der Waals surface area (Å²) in [6.07, 6.45) is 3.51. The van der Waals surface area contributed by atoms with Gasteiger partial charge in [0.1, 0.15) is 23.9 Å². The summed E-state index contributed by atoms with van der Waals surface area (Å²) in [5.74, 6) is 0.822. The van der Waals surface area contributed by atoms with Gasteiger partial charge in [0.25, 0.3) is 0 Å². The monoisotopic (exact) mass is 559 g/mol. The van der Waals surface area contributed by atoms with Crippen molar-refractivity contribution >= 4 is 38.4 Å². The van der Waals surface area contributed by atoms with E-state index in [9.17, 15) is 21.6 Å². The highest BCUT2D eigenvalue weighted by molar-refractivity contribution is 7.92. The van der Waals surface area contributed by atoms with Crippen molar-refractivity contribution in [3.8, 4) is 11.3 Å². The Morgan fingerprint density at radius 3 is 2.67 bits per heavy atom. The average Bonchev–Trinajstić information content (AvgIpc) is 3.36. The standard InChI is InChI=1S/C25H24F3N7O3S/c1-34(39(2,36)37)24-17(4-3-7-29-24)14-31-22-18-12-20(33-23(18)32-15-19(22)25(26,27)28)16-5-6-21(30-13-16)35-8-10-38-11-9-35/h3-8,10,12-13,15H,9,11,14H2,1-2H3,(H2,31,32,33). The van der Waals surface area contributed by atoms with Crippen LogP contribution in [0.2, 0.25) is 0 Å². The second kappa shape index (κ2) is 10.1. The van der Waals surface area contributed by atoms with E-state index in [1.807, 2.05) is 17.0 Å². The molecule has 0 saturated carbocycles. The van der Waals surface area contributed by atoms with E-state index < -0.39 is 21.8 Å². The van der Waals surface area contributed by atoms with Crippen LogP contribution in [0, 0.1) is 0 Å². The van der Waals surface area contributed by atoms with E-state index in [1.165, 1.54) is 13.2 Å². The highest BCUT2D eigenvalue weighted by atomic mass is 32.2. The van der Waals surface area contributed by atoms with Crippen molar-refractivity contribution in [1.82, 2.24) is 19.9 Å². The van der Waals surface area contributed by atoms with Gasteiger partial charge >= 0.3 is 6.18 Å². The van der Waals surface area contributed by atoms with Crippen LogP contribution < -0.4 is 14.5 Å². The molecule has 0 amide bonds. The molecule has 5 heterocycles. The Kier molecular flexibility index (Phi) is 6.80. The molecule has 5 rings (SSSR count). The summed E-state index contributed by atoms with van der Waals surface area (Å²) in [6, 6.07) is 8.39. The van der Waals surface area contributed by atoms with E-state index in [-0.39, 0.29) is 29.1 Å². The van der Waals surface area contributed by atoms with Gasteiger partial charge in [-0.2, -0.15) is 13.2 Å². The number of H-pyrrole nitrogens is 1. The lowest BCUT2D eigenvalue weighted by Gasteiger charge is -2.22. The molecular weight excluding hydrogens is 535 g/mol. The Morgan fingerprint density at radius 2 is 2.00 bits per heavy atom. The number of nitrogens with zero attached hydrogens (tertiary/aromatic N) is 5.